The van der Waals surface area contributed by atoms with Gasteiger partial charge in [-0.25, -0.2) is 0 Å². The van der Waals surface area contributed by atoms with Crippen LogP contribution in [0.3, 0.4) is 0 Å². The number of carbonyl (C=O) groups is 2. The van der Waals surface area contributed by atoms with Gasteiger partial charge in [-0.3, -0.25) is 9.59 Å². The van der Waals surface area contributed by atoms with Crippen LogP contribution < -0.4 is 5.32 Å². The van der Waals surface area contributed by atoms with E-state index in [1.165, 1.54) is 0 Å². The third kappa shape index (κ3) is 2.45. The predicted molar refractivity (Wildman–Crippen MR) is 74.3 cm³/mol. The van der Waals surface area contributed by atoms with Gasteiger partial charge in [0.05, 0.1) is 10.6 Å². The van der Waals surface area contributed by atoms with Gasteiger partial charge in [0.25, 0.3) is 5.91 Å². The zero-order chi connectivity index (χ0) is 14.2. The number of carbonyl (C=O) groups excluding carboxylic acids is 2. The van der Waals surface area contributed by atoms with Gasteiger partial charge >= 0.3 is 0 Å². The second-order valence-corrected chi connectivity index (χ2v) is 5.66. The van der Waals surface area contributed by atoms with Crippen molar-refractivity contribution in [3.05, 3.63) is 34.3 Å². The molecule has 0 aromatic heterocycles. The highest BCUT2D eigenvalue weighted by Crippen LogP contribution is 2.25. The molecule has 1 aliphatic heterocycles. The van der Waals surface area contributed by atoms with E-state index in [-0.39, 0.29) is 11.8 Å². The van der Waals surface area contributed by atoms with Crippen LogP contribution in [0.15, 0.2) is 18.2 Å². The van der Waals surface area contributed by atoms with Gasteiger partial charge in [-0.05, 0) is 38.5 Å². The molecule has 0 aliphatic carbocycles. The van der Waals surface area contributed by atoms with Gasteiger partial charge in [0, 0.05) is 13.1 Å². The van der Waals surface area contributed by atoms with Gasteiger partial charge in [-0.1, -0.05) is 17.7 Å². The molecule has 5 heteroatoms. The van der Waals surface area contributed by atoms with Crippen LogP contribution in [0.2, 0.25) is 5.02 Å². The standard InChI is InChI=1S/C14H17ClN2O2/c1-9-4-5-10(11(15)8-9)12(18)17-7-6-16-13(19)14(17,2)3/h4-5,8H,6-7H2,1-3H3,(H,16,19). The van der Waals surface area contributed by atoms with E-state index in [1.807, 2.05) is 13.0 Å². The minimum Gasteiger partial charge on any atom is -0.352 e. The molecule has 19 heavy (non-hydrogen) atoms. The Balaban J connectivity index is 2.35. The van der Waals surface area contributed by atoms with Crippen LogP contribution in [-0.4, -0.2) is 35.3 Å². The zero-order valence-electron chi connectivity index (χ0n) is 11.3. The minimum absolute atomic E-state index is 0.143. The molecule has 102 valence electrons. The fourth-order valence-corrected chi connectivity index (χ4v) is 2.51. The average molecular weight is 281 g/mol. The number of nitrogens with zero attached hydrogens (tertiary/aromatic N) is 1. The van der Waals surface area contributed by atoms with Gasteiger partial charge in [-0.2, -0.15) is 0 Å². The van der Waals surface area contributed by atoms with Crippen molar-refractivity contribution in [1.29, 1.82) is 0 Å². The quantitative estimate of drug-likeness (QED) is 0.855. The van der Waals surface area contributed by atoms with Gasteiger partial charge in [-0.15, -0.1) is 0 Å². The number of piperazine rings is 1. The Morgan fingerprint density at radius 2 is 2.11 bits per heavy atom. The minimum atomic E-state index is -0.858. The third-order valence-electron chi connectivity index (χ3n) is 3.45. The number of benzene rings is 1. The lowest BCUT2D eigenvalue weighted by Crippen LogP contribution is -2.63. The lowest BCUT2D eigenvalue weighted by Gasteiger charge is -2.41. The maximum atomic E-state index is 12.6. The number of halogens is 1. The zero-order valence-corrected chi connectivity index (χ0v) is 12.0. The molecular formula is C14H17ClN2O2. The van der Waals surface area contributed by atoms with E-state index in [9.17, 15) is 9.59 Å². The number of amides is 2. The van der Waals surface area contributed by atoms with E-state index in [1.54, 1.807) is 30.9 Å². The molecule has 1 N–H and O–H groups in total. The number of hydrogen-bond donors (Lipinski definition) is 1. The van der Waals surface area contributed by atoms with Gasteiger partial charge < -0.3 is 10.2 Å². The molecule has 1 saturated heterocycles. The molecule has 1 aliphatic rings. The molecule has 1 heterocycles. The summed E-state index contributed by atoms with van der Waals surface area (Å²) in [6.45, 7) is 6.35. The van der Waals surface area contributed by atoms with Crippen molar-refractivity contribution >= 4 is 23.4 Å². The summed E-state index contributed by atoms with van der Waals surface area (Å²) in [5.74, 6) is -0.347. The average Bonchev–Trinajstić information content (AvgIpc) is 2.32. The Bertz CT molecular complexity index is 540. The molecule has 2 amide bonds. The largest absolute Gasteiger partial charge is 0.352 e. The Hall–Kier alpha value is -1.55. The first-order chi connectivity index (χ1) is 8.84. The smallest absolute Gasteiger partial charge is 0.256 e. The molecule has 0 saturated carbocycles. The summed E-state index contributed by atoms with van der Waals surface area (Å²) in [6.07, 6.45) is 0. The Kier molecular flexibility index (Phi) is 3.54. The van der Waals surface area contributed by atoms with Gasteiger partial charge in [0.2, 0.25) is 5.91 Å². The molecule has 1 aromatic carbocycles. The van der Waals surface area contributed by atoms with E-state index in [0.29, 0.717) is 23.7 Å². The van der Waals surface area contributed by atoms with E-state index in [0.717, 1.165) is 5.56 Å². The van der Waals surface area contributed by atoms with Crippen LogP contribution in [0.5, 0.6) is 0 Å². The second kappa shape index (κ2) is 4.85. The molecule has 0 bridgehead atoms. The normalized spacial score (nSPS) is 18.1. The fraction of sp³-hybridized carbons (Fsp3) is 0.429. The highest BCUT2D eigenvalue weighted by molar-refractivity contribution is 6.34. The third-order valence-corrected chi connectivity index (χ3v) is 3.76. The van der Waals surface area contributed by atoms with Crippen molar-refractivity contribution in [2.75, 3.05) is 13.1 Å². The van der Waals surface area contributed by atoms with Crippen LogP contribution >= 0.6 is 11.6 Å². The number of rotatable bonds is 1. The van der Waals surface area contributed by atoms with Crippen LogP contribution in [0, 0.1) is 6.92 Å². The van der Waals surface area contributed by atoms with E-state index in [2.05, 4.69) is 5.32 Å². The summed E-state index contributed by atoms with van der Waals surface area (Å²) in [5.41, 5.74) is 0.580. The van der Waals surface area contributed by atoms with Gasteiger partial charge in [0.1, 0.15) is 5.54 Å². The summed E-state index contributed by atoms with van der Waals surface area (Å²) in [7, 11) is 0. The van der Waals surface area contributed by atoms with Crippen LogP contribution in [0.25, 0.3) is 0 Å². The Morgan fingerprint density at radius 1 is 1.42 bits per heavy atom. The first-order valence-electron chi connectivity index (χ1n) is 6.20. The van der Waals surface area contributed by atoms with Crippen LogP contribution in [0.4, 0.5) is 0 Å². The first-order valence-corrected chi connectivity index (χ1v) is 6.58. The summed E-state index contributed by atoms with van der Waals surface area (Å²) in [4.78, 5) is 26.0. The monoisotopic (exact) mass is 280 g/mol. The maximum Gasteiger partial charge on any atom is 0.256 e. The molecular weight excluding hydrogens is 264 g/mol. The molecule has 0 unspecified atom stereocenters. The lowest BCUT2D eigenvalue weighted by molar-refractivity contribution is -0.133. The van der Waals surface area contributed by atoms with Gasteiger partial charge in [0.15, 0.2) is 0 Å². The molecule has 4 nitrogen and oxygen atoms in total. The molecule has 1 aromatic rings. The van der Waals surface area contributed by atoms with E-state index in [4.69, 9.17) is 11.6 Å². The van der Waals surface area contributed by atoms with Crippen molar-refractivity contribution in [2.45, 2.75) is 26.3 Å². The Morgan fingerprint density at radius 3 is 2.74 bits per heavy atom. The molecule has 0 spiro atoms. The second-order valence-electron chi connectivity index (χ2n) is 5.26. The molecule has 1 fully saturated rings. The molecule has 2 rings (SSSR count). The predicted octanol–water partition coefficient (Wildman–Crippen LogP) is 2.00. The molecule has 0 atom stereocenters. The van der Waals surface area contributed by atoms with E-state index >= 15 is 0 Å². The lowest BCUT2D eigenvalue weighted by atomic mass is 9.97. The number of hydrogen-bond acceptors (Lipinski definition) is 2. The van der Waals surface area contributed by atoms with Crippen molar-refractivity contribution in [3.8, 4) is 0 Å². The summed E-state index contributed by atoms with van der Waals surface area (Å²) in [6, 6.07) is 5.31. The van der Waals surface area contributed by atoms with Crippen LogP contribution in [-0.2, 0) is 4.79 Å². The fourth-order valence-electron chi connectivity index (χ4n) is 2.19. The summed E-state index contributed by atoms with van der Waals surface area (Å²) < 4.78 is 0. The van der Waals surface area contributed by atoms with E-state index < -0.39 is 5.54 Å². The first kappa shape index (κ1) is 13.9. The molecule has 0 radical (unpaired) electrons. The Labute approximate surface area is 117 Å². The highest BCUT2D eigenvalue weighted by atomic mass is 35.5. The maximum absolute atomic E-state index is 12.6. The SMILES string of the molecule is Cc1ccc(C(=O)N2CCNC(=O)C2(C)C)c(Cl)c1. The van der Waals surface area contributed by atoms with Crippen molar-refractivity contribution in [1.82, 2.24) is 10.2 Å². The van der Waals surface area contributed by atoms with Crippen molar-refractivity contribution < 1.29 is 9.59 Å². The highest BCUT2D eigenvalue weighted by Gasteiger charge is 2.41. The number of nitrogens with one attached hydrogen (secondary N) is 1. The van der Waals surface area contributed by atoms with Crippen LogP contribution in [0.1, 0.15) is 29.8 Å². The van der Waals surface area contributed by atoms with Crippen molar-refractivity contribution in [2.24, 2.45) is 0 Å². The topological polar surface area (TPSA) is 49.4 Å². The van der Waals surface area contributed by atoms with Crippen molar-refractivity contribution in [3.63, 3.8) is 0 Å². The number of aryl methyl sites for hydroxylation is 1. The summed E-state index contributed by atoms with van der Waals surface area (Å²) in [5, 5.41) is 3.19. The summed E-state index contributed by atoms with van der Waals surface area (Å²) >= 11 is 6.13.